The van der Waals surface area contributed by atoms with Gasteiger partial charge in [0.05, 0.1) is 10.6 Å². The van der Waals surface area contributed by atoms with Gasteiger partial charge < -0.3 is 11.1 Å². The molecule has 3 N–H and O–H groups in total. The van der Waals surface area contributed by atoms with Crippen LogP contribution in [-0.4, -0.2) is 17.9 Å². The van der Waals surface area contributed by atoms with Crippen molar-refractivity contribution in [3.8, 4) is 11.1 Å². The van der Waals surface area contributed by atoms with Crippen molar-refractivity contribution in [1.29, 1.82) is 0 Å². The minimum Gasteiger partial charge on any atom is -0.368 e. The molecule has 0 aliphatic rings. The zero-order valence-corrected chi connectivity index (χ0v) is 15.3. The number of nitrogens with one attached hydrogen (secondary N) is 1. The topological polar surface area (TPSA) is 72.2 Å². The molecule has 5 heteroatoms. The summed E-state index contributed by atoms with van der Waals surface area (Å²) in [5.74, 6) is -1.02. The summed E-state index contributed by atoms with van der Waals surface area (Å²) in [6.07, 6.45) is 0.306. The zero-order valence-electron chi connectivity index (χ0n) is 14.6. The van der Waals surface area contributed by atoms with Crippen molar-refractivity contribution in [3.63, 3.8) is 0 Å². The third-order valence-electron chi connectivity index (χ3n) is 4.27. The van der Waals surface area contributed by atoms with Gasteiger partial charge >= 0.3 is 0 Å². The van der Waals surface area contributed by atoms with Gasteiger partial charge in [-0.25, -0.2) is 0 Å². The molecule has 3 rings (SSSR count). The highest BCUT2D eigenvalue weighted by Gasteiger charge is 2.20. The second-order valence-electron chi connectivity index (χ2n) is 6.18. The molecule has 0 spiro atoms. The average Bonchev–Trinajstić information content (AvgIpc) is 2.69. The maximum Gasteiger partial charge on any atom is 0.253 e. The summed E-state index contributed by atoms with van der Waals surface area (Å²) in [5.41, 5.74) is 8.89. The summed E-state index contributed by atoms with van der Waals surface area (Å²) in [5, 5.41) is 2.99. The first-order chi connectivity index (χ1) is 13.0. The second kappa shape index (κ2) is 8.52. The van der Waals surface area contributed by atoms with Crippen molar-refractivity contribution in [3.05, 3.63) is 95.0 Å². The Balaban J connectivity index is 1.72. The van der Waals surface area contributed by atoms with Crippen LogP contribution in [0.2, 0.25) is 5.02 Å². The van der Waals surface area contributed by atoms with E-state index in [0.717, 1.165) is 16.7 Å². The third kappa shape index (κ3) is 4.74. The van der Waals surface area contributed by atoms with E-state index in [1.807, 2.05) is 54.6 Å². The van der Waals surface area contributed by atoms with Crippen molar-refractivity contribution in [1.82, 2.24) is 5.32 Å². The molecule has 0 radical (unpaired) electrons. The van der Waals surface area contributed by atoms with Gasteiger partial charge in [-0.3, -0.25) is 9.59 Å². The average molecular weight is 379 g/mol. The van der Waals surface area contributed by atoms with Gasteiger partial charge in [-0.05, 0) is 28.8 Å². The molecule has 0 fully saturated rings. The van der Waals surface area contributed by atoms with E-state index in [-0.39, 0.29) is 0 Å². The molecule has 0 aromatic heterocycles. The lowest BCUT2D eigenvalue weighted by molar-refractivity contribution is -0.119. The van der Waals surface area contributed by atoms with Crippen LogP contribution in [0.4, 0.5) is 0 Å². The van der Waals surface area contributed by atoms with Gasteiger partial charge in [0.15, 0.2) is 0 Å². The van der Waals surface area contributed by atoms with Crippen molar-refractivity contribution in [2.45, 2.75) is 12.5 Å². The smallest absolute Gasteiger partial charge is 0.253 e. The highest BCUT2D eigenvalue weighted by molar-refractivity contribution is 6.33. The fraction of sp³-hybridized carbons (Fsp3) is 0.0909. The molecule has 0 saturated carbocycles. The van der Waals surface area contributed by atoms with Gasteiger partial charge in [-0.2, -0.15) is 0 Å². The summed E-state index contributed by atoms with van der Waals surface area (Å²) in [7, 11) is 0. The summed E-state index contributed by atoms with van der Waals surface area (Å²) < 4.78 is 0. The van der Waals surface area contributed by atoms with Crippen molar-refractivity contribution >= 4 is 23.4 Å². The van der Waals surface area contributed by atoms with E-state index in [0.29, 0.717) is 17.0 Å². The lowest BCUT2D eigenvalue weighted by Crippen LogP contribution is -2.45. The van der Waals surface area contributed by atoms with Crippen LogP contribution in [0.15, 0.2) is 78.9 Å². The Bertz CT molecular complexity index is 940. The Labute approximate surface area is 163 Å². The van der Waals surface area contributed by atoms with Crippen LogP contribution in [0.3, 0.4) is 0 Å². The number of amides is 2. The molecular weight excluding hydrogens is 360 g/mol. The predicted molar refractivity (Wildman–Crippen MR) is 107 cm³/mol. The summed E-state index contributed by atoms with van der Waals surface area (Å²) in [6.45, 7) is 0. The Hall–Kier alpha value is -3.11. The van der Waals surface area contributed by atoms with Gasteiger partial charge in [0, 0.05) is 6.42 Å². The Morgan fingerprint density at radius 2 is 1.44 bits per heavy atom. The number of carbonyl (C=O) groups is 2. The Kier molecular flexibility index (Phi) is 5.89. The number of primary amides is 1. The van der Waals surface area contributed by atoms with Crippen molar-refractivity contribution in [2.24, 2.45) is 5.73 Å². The maximum absolute atomic E-state index is 12.4. The molecule has 0 bridgehead atoms. The number of rotatable bonds is 6. The molecule has 0 unspecified atom stereocenters. The molecule has 0 heterocycles. The quantitative estimate of drug-likeness (QED) is 0.684. The number of carbonyl (C=O) groups excluding carboxylic acids is 2. The first-order valence-electron chi connectivity index (χ1n) is 8.53. The summed E-state index contributed by atoms with van der Waals surface area (Å²) in [6, 6.07) is 23.7. The first-order valence-corrected chi connectivity index (χ1v) is 8.91. The van der Waals surface area contributed by atoms with E-state index < -0.39 is 17.9 Å². The highest BCUT2D eigenvalue weighted by Crippen LogP contribution is 2.20. The van der Waals surface area contributed by atoms with Gasteiger partial charge in [-0.15, -0.1) is 0 Å². The Morgan fingerprint density at radius 1 is 0.852 bits per heavy atom. The van der Waals surface area contributed by atoms with Gasteiger partial charge in [0.25, 0.3) is 5.91 Å². The van der Waals surface area contributed by atoms with Crippen LogP contribution in [0.25, 0.3) is 11.1 Å². The van der Waals surface area contributed by atoms with Crippen LogP contribution >= 0.6 is 11.6 Å². The van der Waals surface area contributed by atoms with Crippen LogP contribution in [0.5, 0.6) is 0 Å². The minimum atomic E-state index is -0.823. The largest absolute Gasteiger partial charge is 0.368 e. The molecule has 3 aromatic carbocycles. The molecule has 27 heavy (non-hydrogen) atoms. The van der Waals surface area contributed by atoms with Crippen LogP contribution in [0, 0.1) is 0 Å². The summed E-state index contributed by atoms with van der Waals surface area (Å²) >= 11 is 6.04. The van der Waals surface area contributed by atoms with E-state index in [1.165, 1.54) is 0 Å². The fourth-order valence-corrected chi connectivity index (χ4v) is 3.03. The second-order valence-corrected chi connectivity index (χ2v) is 6.58. The standard InChI is InChI=1S/C22H19ClN2O2/c23-19-9-5-4-8-18(19)22(27)25-20(21(24)26)14-15-10-12-17(13-11-15)16-6-2-1-3-7-16/h1-13,20H,14H2,(H2,24,26)(H,25,27)/t20-/m0/s1. The van der Waals surface area contributed by atoms with E-state index in [4.69, 9.17) is 17.3 Å². The normalized spacial score (nSPS) is 11.6. The number of hydrogen-bond acceptors (Lipinski definition) is 2. The molecule has 0 saturated heterocycles. The van der Waals surface area contributed by atoms with Gasteiger partial charge in [0.2, 0.25) is 5.91 Å². The van der Waals surface area contributed by atoms with E-state index in [9.17, 15) is 9.59 Å². The molecule has 0 aliphatic carbocycles. The van der Waals surface area contributed by atoms with Crippen LogP contribution in [-0.2, 0) is 11.2 Å². The zero-order chi connectivity index (χ0) is 19.2. The highest BCUT2D eigenvalue weighted by atomic mass is 35.5. The minimum absolute atomic E-state index is 0.306. The van der Waals surface area contributed by atoms with E-state index in [1.54, 1.807) is 24.3 Å². The lowest BCUT2D eigenvalue weighted by Gasteiger charge is -2.16. The number of halogens is 1. The molecule has 3 aromatic rings. The van der Waals surface area contributed by atoms with Gasteiger partial charge in [0.1, 0.15) is 6.04 Å². The molecule has 1 atom stereocenters. The van der Waals surface area contributed by atoms with Crippen molar-refractivity contribution in [2.75, 3.05) is 0 Å². The number of hydrogen-bond donors (Lipinski definition) is 2. The monoisotopic (exact) mass is 378 g/mol. The summed E-state index contributed by atoms with van der Waals surface area (Å²) in [4.78, 5) is 24.2. The molecular formula is C22H19ClN2O2. The number of benzene rings is 3. The fourth-order valence-electron chi connectivity index (χ4n) is 2.80. The third-order valence-corrected chi connectivity index (χ3v) is 4.60. The van der Waals surface area contributed by atoms with Crippen LogP contribution < -0.4 is 11.1 Å². The molecule has 4 nitrogen and oxygen atoms in total. The lowest BCUT2D eigenvalue weighted by atomic mass is 10.00. The van der Waals surface area contributed by atoms with Crippen molar-refractivity contribution < 1.29 is 9.59 Å². The van der Waals surface area contributed by atoms with E-state index >= 15 is 0 Å². The molecule has 0 aliphatic heterocycles. The maximum atomic E-state index is 12.4. The number of nitrogens with two attached hydrogens (primary N) is 1. The first kappa shape index (κ1) is 18.7. The predicted octanol–water partition coefficient (Wildman–Crippen LogP) is 3.83. The SMILES string of the molecule is NC(=O)[C@H](Cc1ccc(-c2ccccc2)cc1)NC(=O)c1ccccc1Cl. The van der Waals surface area contributed by atoms with E-state index in [2.05, 4.69) is 5.32 Å². The molecule has 136 valence electrons. The molecule has 2 amide bonds. The van der Waals surface area contributed by atoms with Gasteiger partial charge in [-0.1, -0.05) is 78.3 Å². The van der Waals surface area contributed by atoms with Crippen LogP contribution in [0.1, 0.15) is 15.9 Å². The Morgan fingerprint density at radius 3 is 2.07 bits per heavy atom.